The maximum Gasteiger partial charge on any atom is 0.337 e. The van der Waals surface area contributed by atoms with Crippen molar-refractivity contribution in [2.75, 3.05) is 53.5 Å². The summed E-state index contributed by atoms with van der Waals surface area (Å²) in [5.74, 6) is -4.93. The second-order valence-corrected chi connectivity index (χ2v) is 20.1. The first-order valence-electron chi connectivity index (χ1n) is 25.3. The van der Waals surface area contributed by atoms with Crippen LogP contribution in [0.15, 0.2) is 154 Å². The van der Waals surface area contributed by atoms with Crippen molar-refractivity contribution in [3.63, 3.8) is 0 Å². The fraction of sp³-hybridized carbons (Fsp3) is 0.379. The Morgan fingerprint density at radius 3 is 1.40 bits per heavy atom. The topological polar surface area (TPSA) is 253 Å². The van der Waals surface area contributed by atoms with Gasteiger partial charge in [0.1, 0.15) is 5.60 Å². The zero-order valence-corrected chi connectivity index (χ0v) is 44.8. The largest absolute Gasteiger partial charge is 0.478 e. The van der Waals surface area contributed by atoms with Crippen LogP contribution in [0.25, 0.3) is 0 Å². The Hall–Kier alpha value is -8.00. The van der Waals surface area contributed by atoms with Gasteiger partial charge in [0.15, 0.2) is 0 Å². The first-order chi connectivity index (χ1) is 36.5. The molecule has 77 heavy (non-hydrogen) atoms. The van der Waals surface area contributed by atoms with Gasteiger partial charge in [-0.15, -0.1) is 0 Å². The molecule has 408 valence electrons. The van der Waals surface area contributed by atoms with Crippen molar-refractivity contribution in [2.45, 2.75) is 90.3 Å². The highest BCUT2D eigenvalue weighted by Gasteiger charge is 2.43. The fourth-order valence-electron chi connectivity index (χ4n) is 10.3. The lowest BCUT2D eigenvalue weighted by Gasteiger charge is -2.32. The lowest BCUT2D eigenvalue weighted by Crippen LogP contribution is -2.39. The SMILES string of the molecule is CC1(O)CCN(CCc2ccccc2)C1.COC(=O)C1=C(C)NC(C)=C(C(=O)O)[C@H]1c1cccc([N+](=O)[O-])c1.COC(=O)C1=C(C)NC(C)=C(C(=O)OC2(C)CCN(CCc3ccccc3)C2)[C@H]1c1cccc([N+](=O)[O-])c1. The van der Waals surface area contributed by atoms with Crippen molar-refractivity contribution in [3.05, 3.63) is 197 Å². The number of carboxylic acids is 1. The molecule has 4 aliphatic heterocycles. The van der Waals surface area contributed by atoms with Gasteiger partial charge < -0.3 is 40.0 Å². The molecular weight excluding hydrogens is 989 g/mol. The van der Waals surface area contributed by atoms with Crippen molar-refractivity contribution in [2.24, 2.45) is 0 Å². The van der Waals surface area contributed by atoms with Crippen LogP contribution in [0.4, 0.5) is 11.4 Å². The molecule has 2 unspecified atom stereocenters. The number of carbonyl (C=O) groups is 4. The molecule has 0 aromatic heterocycles. The number of non-ortho nitro benzene ring substituents is 2. The Morgan fingerprint density at radius 1 is 0.597 bits per heavy atom. The van der Waals surface area contributed by atoms with Crippen LogP contribution < -0.4 is 10.6 Å². The van der Waals surface area contributed by atoms with Crippen molar-refractivity contribution in [1.82, 2.24) is 20.4 Å². The summed E-state index contributed by atoms with van der Waals surface area (Å²) in [5, 5.41) is 47.9. The minimum atomic E-state index is -1.22. The minimum Gasteiger partial charge on any atom is -0.478 e. The number of nitrogens with one attached hydrogen (secondary N) is 2. The third-order valence-electron chi connectivity index (χ3n) is 14.1. The second-order valence-electron chi connectivity index (χ2n) is 20.1. The number of carboxylic acid groups (broad SMARTS) is 1. The highest BCUT2D eigenvalue weighted by atomic mass is 16.6. The van der Waals surface area contributed by atoms with Crippen LogP contribution >= 0.6 is 0 Å². The fourth-order valence-corrected chi connectivity index (χ4v) is 10.3. The number of dihydropyridines is 2. The number of aliphatic hydroxyl groups is 1. The number of esters is 3. The van der Waals surface area contributed by atoms with Gasteiger partial charge >= 0.3 is 23.9 Å². The number of nitro groups is 2. The molecule has 4 aliphatic rings. The quantitative estimate of drug-likeness (QED) is 0.0380. The molecule has 0 saturated carbocycles. The van der Waals surface area contributed by atoms with Gasteiger partial charge in [-0.05, 0) is 83.1 Å². The molecule has 19 nitrogen and oxygen atoms in total. The van der Waals surface area contributed by atoms with Gasteiger partial charge in [0.05, 0.1) is 63.8 Å². The molecule has 4 atom stereocenters. The van der Waals surface area contributed by atoms with Crippen molar-refractivity contribution in [1.29, 1.82) is 0 Å². The Kier molecular flexibility index (Phi) is 19.4. The smallest absolute Gasteiger partial charge is 0.337 e. The van der Waals surface area contributed by atoms with Crippen molar-refractivity contribution >= 4 is 35.3 Å². The Balaban J connectivity index is 0.000000209. The average molecular weight is 1060 g/mol. The van der Waals surface area contributed by atoms with E-state index in [0.717, 1.165) is 52.0 Å². The van der Waals surface area contributed by atoms with Crippen LogP contribution in [0, 0.1) is 20.2 Å². The summed E-state index contributed by atoms with van der Waals surface area (Å²) < 4.78 is 15.9. The molecule has 4 heterocycles. The predicted octanol–water partition coefficient (Wildman–Crippen LogP) is 8.03. The number of likely N-dealkylation sites (tertiary alicyclic amines) is 2. The van der Waals surface area contributed by atoms with Crippen LogP contribution in [-0.2, 0) is 46.2 Å². The minimum absolute atomic E-state index is 0.0542. The zero-order chi connectivity index (χ0) is 56.2. The summed E-state index contributed by atoms with van der Waals surface area (Å²) in [5.41, 5.74) is 4.27. The van der Waals surface area contributed by atoms with Gasteiger partial charge in [0.2, 0.25) is 0 Å². The van der Waals surface area contributed by atoms with E-state index in [4.69, 9.17) is 14.2 Å². The number of hydrogen-bond acceptors (Lipinski definition) is 16. The number of rotatable bonds is 15. The number of β-amino-alcohol motifs (C(OH)–C–C–N with tert-alkyl or cyclic N) is 1. The van der Waals surface area contributed by atoms with Crippen LogP contribution in [-0.4, -0.2) is 118 Å². The number of hydrogen-bond donors (Lipinski definition) is 4. The molecule has 0 radical (unpaired) electrons. The summed E-state index contributed by atoms with van der Waals surface area (Å²) in [6.45, 7) is 15.6. The average Bonchev–Trinajstić information content (AvgIpc) is 3.98. The molecule has 0 aliphatic carbocycles. The molecule has 4 aromatic rings. The Bertz CT molecular complexity index is 2990. The maximum absolute atomic E-state index is 13.8. The van der Waals surface area contributed by atoms with Gasteiger partial charge in [-0.1, -0.05) is 84.9 Å². The molecule has 0 spiro atoms. The van der Waals surface area contributed by atoms with E-state index in [9.17, 15) is 49.6 Å². The van der Waals surface area contributed by atoms with Crippen LogP contribution in [0.5, 0.6) is 0 Å². The van der Waals surface area contributed by atoms with Crippen LogP contribution in [0.1, 0.15) is 88.5 Å². The van der Waals surface area contributed by atoms with E-state index in [-0.39, 0.29) is 33.7 Å². The van der Waals surface area contributed by atoms with E-state index in [1.807, 2.05) is 38.1 Å². The molecular formula is C58H68N6O13. The number of nitrogens with zero attached hydrogens (tertiary/aromatic N) is 4. The second kappa shape index (κ2) is 25.7. The molecule has 4 aromatic carbocycles. The van der Waals surface area contributed by atoms with Crippen molar-refractivity contribution in [3.8, 4) is 0 Å². The number of benzene rings is 4. The molecule has 2 fully saturated rings. The first kappa shape index (κ1) is 58.3. The predicted molar refractivity (Wildman–Crippen MR) is 288 cm³/mol. The van der Waals surface area contributed by atoms with Crippen LogP contribution in [0.3, 0.4) is 0 Å². The van der Waals surface area contributed by atoms with E-state index in [1.54, 1.807) is 45.9 Å². The third-order valence-corrected chi connectivity index (χ3v) is 14.1. The van der Waals surface area contributed by atoms with Crippen molar-refractivity contribution < 1.29 is 53.4 Å². The van der Waals surface area contributed by atoms with E-state index in [1.165, 1.54) is 55.7 Å². The maximum atomic E-state index is 13.8. The summed E-state index contributed by atoms with van der Waals surface area (Å²) in [6, 6.07) is 32.3. The highest BCUT2D eigenvalue weighted by Crippen LogP contribution is 2.42. The molecule has 2 saturated heterocycles. The lowest BCUT2D eigenvalue weighted by atomic mass is 9.80. The van der Waals surface area contributed by atoms with Gasteiger partial charge in [0.25, 0.3) is 11.4 Å². The first-order valence-corrected chi connectivity index (χ1v) is 25.3. The third kappa shape index (κ3) is 14.9. The number of carbonyl (C=O) groups excluding carboxylic acids is 3. The van der Waals surface area contributed by atoms with Crippen LogP contribution in [0.2, 0.25) is 0 Å². The summed E-state index contributed by atoms with van der Waals surface area (Å²) in [7, 11) is 2.46. The Morgan fingerprint density at radius 2 is 1.00 bits per heavy atom. The molecule has 19 heteroatoms. The van der Waals surface area contributed by atoms with Gasteiger partial charge in [0, 0.05) is 92.7 Å². The number of aliphatic carboxylic acids is 1. The molecule has 8 rings (SSSR count). The zero-order valence-electron chi connectivity index (χ0n) is 44.8. The normalized spacial score (nSPS) is 21.4. The van der Waals surface area contributed by atoms with E-state index in [0.29, 0.717) is 46.9 Å². The summed E-state index contributed by atoms with van der Waals surface area (Å²) in [6.07, 6.45) is 3.56. The number of nitro benzene ring substituents is 2. The van der Waals surface area contributed by atoms with E-state index < -0.39 is 56.8 Å². The lowest BCUT2D eigenvalue weighted by molar-refractivity contribution is -0.385. The molecule has 4 N–H and O–H groups in total. The van der Waals surface area contributed by atoms with Gasteiger partial charge in [-0.2, -0.15) is 0 Å². The molecule has 0 bridgehead atoms. The summed E-state index contributed by atoms with van der Waals surface area (Å²) >= 11 is 0. The Labute approximate surface area is 448 Å². The standard InChI is InChI=1S/C29H33N3O6.C16H16N2O6.C13H19NO/c1-19-24(27(33)37-4)26(22-11-8-12-23(17-22)32(35)36)25(20(2)30-19)28(34)38-29(3)14-16-31(18-29)15-13-21-9-6-5-7-10-21;1-8-12(15(19)20)14(13(9(2)17-8)16(21)24-3)10-5-4-6-11(7-10)18(22)23;1-13(15)8-10-14(11-13)9-7-12-5-3-2-4-6-12/h5-12,17,26,30H,13-16,18H2,1-4H3;4-7,14,17H,1-3H3,(H,19,20);2-6,15H,7-11H2,1H3/t26-,29?;14-;/m01./s1. The summed E-state index contributed by atoms with van der Waals surface area (Å²) in [4.78, 5) is 76.6. The number of methoxy groups -OCH3 is 2. The number of ether oxygens (including phenoxy) is 3. The number of allylic oxidation sites excluding steroid dienone is 4. The van der Waals surface area contributed by atoms with Gasteiger partial charge in [-0.25, -0.2) is 19.2 Å². The monoisotopic (exact) mass is 1060 g/mol. The molecule has 0 amide bonds. The highest BCUT2D eigenvalue weighted by molar-refractivity contribution is 6.00. The van der Waals surface area contributed by atoms with E-state index >= 15 is 0 Å². The van der Waals surface area contributed by atoms with E-state index in [2.05, 4.69) is 56.8 Å². The van der Waals surface area contributed by atoms with Gasteiger partial charge in [-0.3, -0.25) is 25.1 Å².